The van der Waals surface area contributed by atoms with E-state index in [2.05, 4.69) is 15.0 Å². The molecular formula is C12H14N4. The van der Waals surface area contributed by atoms with Gasteiger partial charge in [0.1, 0.15) is 0 Å². The quantitative estimate of drug-likeness (QED) is 0.828. The molecule has 0 saturated carbocycles. The third-order valence-electron chi connectivity index (χ3n) is 2.45. The Morgan fingerprint density at radius 1 is 1.25 bits per heavy atom. The van der Waals surface area contributed by atoms with Crippen LogP contribution in [0.25, 0.3) is 11.4 Å². The number of rotatable bonds is 2. The lowest BCUT2D eigenvalue weighted by molar-refractivity contribution is 0.790. The normalized spacial score (nSPS) is 12.4. The van der Waals surface area contributed by atoms with Gasteiger partial charge in [-0.15, -0.1) is 0 Å². The van der Waals surface area contributed by atoms with Crippen molar-refractivity contribution in [3.8, 4) is 11.4 Å². The van der Waals surface area contributed by atoms with E-state index >= 15 is 0 Å². The number of pyridine rings is 1. The Hall–Kier alpha value is -1.81. The lowest BCUT2D eigenvalue weighted by Gasteiger charge is -2.09. The maximum absolute atomic E-state index is 5.81. The van der Waals surface area contributed by atoms with Crippen LogP contribution in [-0.4, -0.2) is 15.0 Å². The summed E-state index contributed by atoms with van der Waals surface area (Å²) in [7, 11) is 0. The van der Waals surface area contributed by atoms with Crippen LogP contribution < -0.4 is 5.73 Å². The highest BCUT2D eigenvalue weighted by atomic mass is 14.9. The van der Waals surface area contributed by atoms with E-state index in [1.165, 1.54) is 0 Å². The standard InChI is InChI=1S/C12H14N4/c1-8(13)11-7-15-12(16-9(11)2)10-3-5-14-6-4-10/h3-8H,13H2,1-2H3. The second-order valence-electron chi connectivity index (χ2n) is 3.76. The maximum Gasteiger partial charge on any atom is 0.159 e. The number of nitrogens with zero attached hydrogens (tertiary/aromatic N) is 3. The van der Waals surface area contributed by atoms with Gasteiger partial charge in [-0.1, -0.05) is 0 Å². The summed E-state index contributed by atoms with van der Waals surface area (Å²) in [4.78, 5) is 12.7. The predicted octanol–water partition coefficient (Wildman–Crippen LogP) is 1.87. The van der Waals surface area contributed by atoms with Crippen LogP contribution in [0.4, 0.5) is 0 Å². The van der Waals surface area contributed by atoms with E-state index in [9.17, 15) is 0 Å². The van der Waals surface area contributed by atoms with E-state index in [4.69, 9.17) is 5.73 Å². The second kappa shape index (κ2) is 4.37. The van der Waals surface area contributed by atoms with Crippen molar-refractivity contribution in [2.75, 3.05) is 0 Å². The van der Waals surface area contributed by atoms with E-state index in [0.29, 0.717) is 5.82 Å². The molecule has 2 heterocycles. The number of hydrogen-bond donors (Lipinski definition) is 1. The van der Waals surface area contributed by atoms with Crippen molar-refractivity contribution in [2.24, 2.45) is 5.73 Å². The summed E-state index contributed by atoms with van der Waals surface area (Å²) in [5, 5.41) is 0. The van der Waals surface area contributed by atoms with Gasteiger partial charge in [0.15, 0.2) is 5.82 Å². The van der Waals surface area contributed by atoms with Crippen molar-refractivity contribution in [3.05, 3.63) is 42.0 Å². The molecule has 0 aliphatic carbocycles. The topological polar surface area (TPSA) is 64.7 Å². The van der Waals surface area contributed by atoms with E-state index in [0.717, 1.165) is 16.8 Å². The molecule has 0 radical (unpaired) electrons. The highest BCUT2D eigenvalue weighted by Gasteiger charge is 2.07. The first-order chi connectivity index (χ1) is 7.68. The van der Waals surface area contributed by atoms with Crippen LogP contribution in [0.2, 0.25) is 0 Å². The summed E-state index contributed by atoms with van der Waals surface area (Å²) in [5.74, 6) is 0.712. The van der Waals surface area contributed by atoms with Crippen LogP contribution in [0.1, 0.15) is 24.2 Å². The third kappa shape index (κ3) is 2.06. The number of aromatic nitrogens is 3. The highest BCUT2D eigenvalue weighted by Crippen LogP contribution is 2.17. The van der Waals surface area contributed by atoms with Crippen LogP contribution >= 0.6 is 0 Å². The average molecular weight is 214 g/mol. The minimum atomic E-state index is -0.0357. The number of aryl methyl sites for hydroxylation is 1. The predicted molar refractivity (Wildman–Crippen MR) is 62.6 cm³/mol. The van der Waals surface area contributed by atoms with Gasteiger partial charge in [-0.3, -0.25) is 4.98 Å². The van der Waals surface area contributed by atoms with Gasteiger partial charge in [0, 0.05) is 41.5 Å². The molecule has 0 amide bonds. The Morgan fingerprint density at radius 3 is 2.50 bits per heavy atom. The van der Waals surface area contributed by atoms with Gasteiger partial charge >= 0.3 is 0 Å². The van der Waals surface area contributed by atoms with Crippen LogP contribution in [0.3, 0.4) is 0 Å². The molecule has 82 valence electrons. The van der Waals surface area contributed by atoms with Crippen molar-refractivity contribution in [2.45, 2.75) is 19.9 Å². The van der Waals surface area contributed by atoms with Gasteiger partial charge in [0.05, 0.1) is 0 Å². The largest absolute Gasteiger partial charge is 0.324 e. The lowest BCUT2D eigenvalue weighted by Crippen LogP contribution is -2.09. The van der Waals surface area contributed by atoms with Crippen LogP contribution in [-0.2, 0) is 0 Å². The Balaban J connectivity index is 2.43. The van der Waals surface area contributed by atoms with Crippen molar-refractivity contribution in [1.82, 2.24) is 15.0 Å². The maximum atomic E-state index is 5.81. The van der Waals surface area contributed by atoms with Crippen molar-refractivity contribution in [3.63, 3.8) is 0 Å². The van der Waals surface area contributed by atoms with Gasteiger partial charge in [-0.05, 0) is 26.0 Å². The highest BCUT2D eigenvalue weighted by molar-refractivity contribution is 5.53. The van der Waals surface area contributed by atoms with E-state index in [1.54, 1.807) is 18.6 Å². The fourth-order valence-corrected chi connectivity index (χ4v) is 1.56. The molecule has 4 nitrogen and oxygen atoms in total. The molecule has 0 spiro atoms. The second-order valence-corrected chi connectivity index (χ2v) is 3.76. The number of hydrogen-bond acceptors (Lipinski definition) is 4. The molecule has 1 unspecified atom stereocenters. The Morgan fingerprint density at radius 2 is 1.94 bits per heavy atom. The fourth-order valence-electron chi connectivity index (χ4n) is 1.56. The summed E-state index contributed by atoms with van der Waals surface area (Å²) in [6.07, 6.45) is 5.25. The summed E-state index contributed by atoms with van der Waals surface area (Å²) in [5.41, 5.74) is 8.69. The molecule has 2 aromatic heterocycles. The molecule has 2 aromatic rings. The Labute approximate surface area is 94.6 Å². The zero-order chi connectivity index (χ0) is 11.5. The van der Waals surface area contributed by atoms with Crippen molar-refractivity contribution < 1.29 is 0 Å². The first kappa shape index (κ1) is 10.7. The summed E-state index contributed by atoms with van der Waals surface area (Å²) >= 11 is 0. The Kier molecular flexibility index (Phi) is 2.92. The molecule has 0 aliphatic rings. The first-order valence-corrected chi connectivity index (χ1v) is 5.18. The summed E-state index contributed by atoms with van der Waals surface area (Å²) < 4.78 is 0. The summed E-state index contributed by atoms with van der Waals surface area (Å²) in [6.45, 7) is 3.88. The minimum Gasteiger partial charge on any atom is -0.324 e. The molecule has 4 heteroatoms. The molecule has 0 aromatic carbocycles. The van der Waals surface area contributed by atoms with Gasteiger partial charge < -0.3 is 5.73 Å². The van der Waals surface area contributed by atoms with Gasteiger partial charge in [-0.2, -0.15) is 0 Å². The monoisotopic (exact) mass is 214 g/mol. The molecule has 2 rings (SSSR count). The van der Waals surface area contributed by atoms with Gasteiger partial charge in [-0.25, -0.2) is 9.97 Å². The zero-order valence-electron chi connectivity index (χ0n) is 9.38. The SMILES string of the molecule is Cc1nc(-c2ccncc2)ncc1C(C)N. The van der Waals surface area contributed by atoms with Gasteiger partial charge in [0.25, 0.3) is 0 Å². The van der Waals surface area contributed by atoms with Crippen LogP contribution in [0, 0.1) is 6.92 Å². The zero-order valence-corrected chi connectivity index (χ0v) is 9.38. The fraction of sp³-hybridized carbons (Fsp3) is 0.250. The molecule has 0 fully saturated rings. The molecule has 0 aliphatic heterocycles. The van der Waals surface area contributed by atoms with E-state index in [1.807, 2.05) is 26.0 Å². The Bertz CT molecular complexity index is 480. The van der Waals surface area contributed by atoms with Crippen LogP contribution in [0.5, 0.6) is 0 Å². The van der Waals surface area contributed by atoms with Gasteiger partial charge in [0.2, 0.25) is 0 Å². The summed E-state index contributed by atoms with van der Waals surface area (Å²) in [6, 6.07) is 3.74. The molecule has 0 bridgehead atoms. The molecule has 0 saturated heterocycles. The average Bonchev–Trinajstić information content (AvgIpc) is 2.29. The van der Waals surface area contributed by atoms with Crippen LogP contribution in [0.15, 0.2) is 30.7 Å². The molecular weight excluding hydrogens is 200 g/mol. The molecule has 2 N–H and O–H groups in total. The molecule has 1 atom stereocenters. The first-order valence-electron chi connectivity index (χ1n) is 5.18. The number of nitrogens with two attached hydrogens (primary N) is 1. The van der Waals surface area contributed by atoms with Crippen molar-refractivity contribution >= 4 is 0 Å². The minimum absolute atomic E-state index is 0.0357. The van der Waals surface area contributed by atoms with E-state index in [-0.39, 0.29) is 6.04 Å². The lowest BCUT2D eigenvalue weighted by atomic mass is 10.1. The van der Waals surface area contributed by atoms with Crippen molar-refractivity contribution in [1.29, 1.82) is 0 Å². The molecule has 16 heavy (non-hydrogen) atoms. The third-order valence-corrected chi connectivity index (χ3v) is 2.45. The smallest absolute Gasteiger partial charge is 0.159 e. The van der Waals surface area contributed by atoms with E-state index < -0.39 is 0 Å².